The Morgan fingerprint density at radius 2 is 2.00 bits per heavy atom. The van der Waals surface area contributed by atoms with Crippen molar-refractivity contribution in [3.8, 4) is 0 Å². The van der Waals surface area contributed by atoms with Gasteiger partial charge in [0.25, 0.3) is 0 Å². The molecule has 1 aromatic carbocycles. The van der Waals surface area contributed by atoms with Crippen molar-refractivity contribution in [1.82, 2.24) is 0 Å². The minimum absolute atomic E-state index is 0. The van der Waals surface area contributed by atoms with Gasteiger partial charge in [-0.25, -0.2) is 0 Å². The summed E-state index contributed by atoms with van der Waals surface area (Å²) in [5, 5.41) is 3.16. The van der Waals surface area contributed by atoms with Gasteiger partial charge in [-0.3, -0.25) is 4.79 Å². The summed E-state index contributed by atoms with van der Waals surface area (Å²) in [5.74, 6) is -0.113. The molecule has 0 bridgehead atoms. The van der Waals surface area contributed by atoms with Crippen LogP contribution in [0.3, 0.4) is 0 Å². The molecular weight excluding hydrogens is 197 g/mol. The van der Waals surface area contributed by atoms with Crippen molar-refractivity contribution in [1.29, 1.82) is 0 Å². The molecule has 0 atom stereocenters. The lowest BCUT2D eigenvalue weighted by atomic mass is 10.3. The van der Waals surface area contributed by atoms with E-state index in [-0.39, 0.29) is 18.3 Å². The van der Waals surface area contributed by atoms with Crippen LogP contribution in [0, 0.1) is 0 Å². The fourth-order valence-electron chi connectivity index (χ4n) is 0.752. The Balaban J connectivity index is 0.00000121. The van der Waals surface area contributed by atoms with Crippen molar-refractivity contribution in [3.05, 3.63) is 29.3 Å². The second-order valence-electron chi connectivity index (χ2n) is 2.16. The molecule has 66 valence electrons. The minimum atomic E-state index is -0.113. The summed E-state index contributed by atoms with van der Waals surface area (Å²) in [7, 11) is 0. The number of carbonyl (C=O) groups is 1. The highest BCUT2D eigenvalue weighted by Crippen LogP contribution is 2.19. The molecule has 0 radical (unpaired) electrons. The molecule has 0 aliphatic heterocycles. The molecular formula is C8H9Cl2NO. The van der Waals surface area contributed by atoms with Crippen molar-refractivity contribution in [2.75, 3.05) is 5.32 Å². The highest BCUT2D eigenvalue weighted by atomic mass is 35.5. The molecule has 0 fully saturated rings. The van der Waals surface area contributed by atoms with Crippen molar-refractivity contribution in [3.63, 3.8) is 0 Å². The van der Waals surface area contributed by atoms with Gasteiger partial charge in [0.2, 0.25) is 5.91 Å². The Kier molecular flexibility index (Phi) is 4.71. The summed E-state index contributed by atoms with van der Waals surface area (Å²) in [6.45, 7) is 1.45. The van der Waals surface area contributed by atoms with E-state index in [9.17, 15) is 4.79 Å². The first-order chi connectivity index (χ1) is 5.20. The summed E-state index contributed by atoms with van der Waals surface area (Å²) in [6, 6.07) is 7.11. The number of rotatable bonds is 1. The van der Waals surface area contributed by atoms with E-state index in [1.165, 1.54) is 6.92 Å². The van der Waals surface area contributed by atoms with E-state index in [4.69, 9.17) is 11.6 Å². The SMILES string of the molecule is CC(=O)Nc1ccccc1Cl.Cl. The summed E-state index contributed by atoms with van der Waals surface area (Å²) in [6.07, 6.45) is 0. The normalized spacial score (nSPS) is 8.50. The fourth-order valence-corrected chi connectivity index (χ4v) is 0.935. The molecule has 0 aliphatic rings. The van der Waals surface area contributed by atoms with Crippen LogP contribution in [0.15, 0.2) is 24.3 Å². The number of halogens is 2. The Morgan fingerprint density at radius 3 is 2.50 bits per heavy atom. The third-order valence-electron chi connectivity index (χ3n) is 1.18. The van der Waals surface area contributed by atoms with Crippen LogP contribution in [-0.2, 0) is 4.79 Å². The summed E-state index contributed by atoms with van der Waals surface area (Å²) >= 11 is 5.75. The lowest BCUT2D eigenvalue weighted by Crippen LogP contribution is -2.05. The van der Waals surface area contributed by atoms with Crippen molar-refractivity contribution in [2.24, 2.45) is 0 Å². The van der Waals surface area contributed by atoms with Gasteiger partial charge in [-0.15, -0.1) is 12.4 Å². The number of benzene rings is 1. The molecule has 0 saturated heterocycles. The second-order valence-corrected chi connectivity index (χ2v) is 2.57. The molecule has 0 unspecified atom stereocenters. The van der Waals surface area contributed by atoms with Crippen LogP contribution in [0.1, 0.15) is 6.92 Å². The highest BCUT2D eigenvalue weighted by molar-refractivity contribution is 6.33. The van der Waals surface area contributed by atoms with Crippen LogP contribution in [0.5, 0.6) is 0 Å². The quantitative estimate of drug-likeness (QED) is 0.751. The van der Waals surface area contributed by atoms with Gasteiger partial charge in [0.05, 0.1) is 10.7 Å². The Bertz CT molecular complexity index is 276. The predicted octanol–water partition coefficient (Wildman–Crippen LogP) is 2.72. The van der Waals surface area contributed by atoms with Crippen molar-refractivity contribution >= 4 is 35.6 Å². The van der Waals surface area contributed by atoms with E-state index in [2.05, 4.69) is 5.32 Å². The molecule has 0 aliphatic carbocycles. The average molecular weight is 206 g/mol. The Hall–Kier alpha value is -0.730. The first-order valence-corrected chi connectivity index (χ1v) is 3.60. The van der Waals surface area contributed by atoms with Crippen LogP contribution in [0.25, 0.3) is 0 Å². The van der Waals surface area contributed by atoms with Crippen molar-refractivity contribution < 1.29 is 4.79 Å². The first-order valence-electron chi connectivity index (χ1n) is 3.22. The number of para-hydroxylation sites is 1. The van der Waals surface area contributed by atoms with E-state index in [0.29, 0.717) is 10.7 Å². The van der Waals surface area contributed by atoms with Gasteiger partial charge in [0.15, 0.2) is 0 Å². The molecule has 0 aromatic heterocycles. The molecule has 1 rings (SSSR count). The molecule has 0 spiro atoms. The lowest BCUT2D eigenvalue weighted by molar-refractivity contribution is -0.114. The van der Waals surface area contributed by atoms with Crippen LogP contribution in [-0.4, -0.2) is 5.91 Å². The molecule has 4 heteroatoms. The zero-order chi connectivity index (χ0) is 8.27. The zero-order valence-electron chi connectivity index (χ0n) is 6.50. The molecule has 0 saturated carbocycles. The van der Waals surface area contributed by atoms with E-state index in [0.717, 1.165) is 0 Å². The predicted molar refractivity (Wildman–Crippen MR) is 53.0 cm³/mol. The van der Waals surface area contributed by atoms with E-state index in [1.54, 1.807) is 12.1 Å². The number of anilines is 1. The molecule has 12 heavy (non-hydrogen) atoms. The number of hydrogen-bond donors (Lipinski definition) is 1. The molecule has 0 heterocycles. The maximum Gasteiger partial charge on any atom is 0.221 e. The van der Waals surface area contributed by atoms with E-state index >= 15 is 0 Å². The molecule has 2 nitrogen and oxygen atoms in total. The van der Waals surface area contributed by atoms with Gasteiger partial charge < -0.3 is 5.32 Å². The van der Waals surface area contributed by atoms with Gasteiger partial charge in [0.1, 0.15) is 0 Å². The summed E-state index contributed by atoms with van der Waals surface area (Å²) < 4.78 is 0. The standard InChI is InChI=1S/C8H8ClNO.ClH/c1-6(11)10-8-5-3-2-4-7(8)9;/h2-5H,1H3,(H,10,11);1H. The Labute approximate surface area is 82.3 Å². The van der Waals surface area contributed by atoms with Gasteiger partial charge in [0, 0.05) is 6.92 Å². The van der Waals surface area contributed by atoms with Gasteiger partial charge in [-0.05, 0) is 12.1 Å². The van der Waals surface area contributed by atoms with Gasteiger partial charge >= 0.3 is 0 Å². The fraction of sp³-hybridized carbons (Fsp3) is 0.125. The number of nitrogens with one attached hydrogen (secondary N) is 1. The number of hydrogen-bond acceptors (Lipinski definition) is 1. The lowest BCUT2D eigenvalue weighted by Gasteiger charge is -2.02. The number of carbonyl (C=O) groups excluding carboxylic acids is 1. The van der Waals surface area contributed by atoms with Crippen LogP contribution in [0.4, 0.5) is 5.69 Å². The van der Waals surface area contributed by atoms with E-state index in [1.807, 2.05) is 12.1 Å². The van der Waals surface area contributed by atoms with Gasteiger partial charge in [-0.2, -0.15) is 0 Å². The van der Waals surface area contributed by atoms with E-state index < -0.39 is 0 Å². The van der Waals surface area contributed by atoms with Crippen LogP contribution in [0.2, 0.25) is 5.02 Å². The Morgan fingerprint density at radius 1 is 1.42 bits per heavy atom. The third-order valence-corrected chi connectivity index (χ3v) is 1.51. The maximum atomic E-state index is 10.6. The van der Waals surface area contributed by atoms with Crippen LogP contribution < -0.4 is 5.32 Å². The minimum Gasteiger partial charge on any atom is -0.325 e. The first kappa shape index (κ1) is 11.3. The molecule has 1 amide bonds. The highest BCUT2D eigenvalue weighted by Gasteiger charge is 1.98. The van der Waals surface area contributed by atoms with Crippen molar-refractivity contribution in [2.45, 2.75) is 6.92 Å². The van der Waals surface area contributed by atoms with Crippen LogP contribution >= 0.6 is 24.0 Å². The van der Waals surface area contributed by atoms with Gasteiger partial charge in [-0.1, -0.05) is 23.7 Å². The summed E-state index contributed by atoms with van der Waals surface area (Å²) in [5.41, 5.74) is 0.654. The molecule has 1 aromatic rings. The topological polar surface area (TPSA) is 29.1 Å². The average Bonchev–Trinajstić information content (AvgIpc) is 1.93. The monoisotopic (exact) mass is 205 g/mol. The third kappa shape index (κ3) is 3.11. The zero-order valence-corrected chi connectivity index (χ0v) is 8.08. The smallest absolute Gasteiger partial charge is 0.221 e. The largest absolute Gasteiger partial charge is 0.325 e. The second kappa shape index (κ2) is 5.01. The number of amides is 1. The summed E-state index contributed by atoms with van der Waals surface area (Å²) in [4.78, 5) is 10.6. The molecule has 1 N–H and O–H groups in total. The maximum absolute atomic E-state index is 10.6.